The highest BCUT2D eigenvalue weighted by molar-refractivity contribution is 5.80. The molecule has 1 saturated heterocycles. The number of rotatable bonds is 3. The van der Waals surface area contributed by atoms with Crippen molar-refractivity contribution in [2.75, 3.05) is 43.1 Å². The van der Waals surface area contributed by atoms with E-state index in [0.717, 1.165) is 55.5 Å². The molecule has 0 bridgehead atoms. The van der Waals surface area contributed by atoms with Gasteiger partial charge in [0.1, 0.15) is 0 Å². The van der Waals surface area contributed by atoms with Crippen LogP contribution in [0.15, 0.2) is 24.3 Å². The molecule has 0 spiro atoms. The Kier molecular flexibility index (Phi) is 3.46. The number of ether oxygens (including phenoxy) is 1. The summed E-state index contributed by atoms with van der Waals surface area (Å²) in [4.78, 5) is 11.7. The molecular formula is C14H18N4O. The molecule has 2 heterocycles. The van der Waals surface area contributed by atoms with E-state index in [4.69, 9.17) is 9.72 Å². The number of aromatic nitrogens is 2. The van der Waals surface area contributed by atoms with Crippen molar-refractivity contribution in [2.45, 2.75) is 6.92 Å². The van der Waals surface area contributed by atoms with Crippen molar-refractivity contribution in [1.82, 2.24) is 9.97 Å². The molecule has 0 atom stereocenters. The lowest BCUT2D eigenvalue weighted by molar-refractivity contribution is 0.122. The molecule has 5 heteroatoms. The lowest BCUT2D eigenvalue weighted by Gasteiger charge is -2.29. The smallest absolute Gasteiger partial charge is 0.172 e. The van der Waals surface area contributed by atoms with E-state index < -0.39 is 0 Å². The van der Waals surface area contributed by atoms with Crippen molar-refractivity contribution in [3.63, 3.8) is 0 Å². The van der Waals surface area contributed by atoms with Gasteiger partial charge in [-0.3, -0.25) is 0 Å². The van der Waals surface area contributed by atoms with E-state index in [9.17, 15) is 0 Å². The second-order valence-electron chi connectivity index (χ2n) is 4.51. The van der Waals surface area contributed by atoms with E-state index in [1.54, 1.807) is 0 Å². The average molecular weight is 258 g/mol. The van der Waals surface area contributed by atoms with Crippen molar-refractivity contribution in [3.05, 3.63) is 24.3 Å². The quantitative estimate of drug-likeness (QED) is 0.911. The number of nitrogens with zero attached hydrogens (tertiary/aromatic N) is 3. The molecule has 1 fully saturated rings. The molecule has 1 N–H and O–H groups in total. The zero-order valence-electron chi connectivity index (χ0n) is 11.1. The number of hydrogen-bond donors (Lipinski definition) is 1. The van der Waals surface area contributed by atoms with Crippen molar-refractivity contribution >= 4 is 22.7 Å². The second-order valence-corrected chi connectivity index (χ2v) is 4.51. The number of hydrogen-bond acceptors (Lipinski definition) is 5. The Labute approximate surface area is 112 Å². The minimum absolute atomic E-state index is 0.750. The molecule has 0 saturated carbocycles. The first-order valence-electron chi connectivity index (χ1n) is 6.72. The Morgan fingerprint density at radius 2 is 1.84 bits per heavy atom. The molecular weight excluding hydrogens is 240 g/mol. The highest BCUT2D eigenvalue weighted by Crippen LogP contribution is 2.25. The van der Waals surface area contributed by atoms with Crippen LogP contribution in [0.4, 0.5) is 11.6 Å². The minimum Gasteiger partial charge on any atom is -0.378 e. The molecule has 2 aromatic rings. The van der Waals surface area contributed by atoms with E-state index in [0.29, 0.717) is 0 Å². The molecule has 19 heavy (non-hydrogen) atoms. The third-order valence-corrected chi connectivity index (χ3v) is 3.21. The molecule has 5 nitrogen and oxygen atoms in total. The van der Waals surface area contributed by atoms with Crippen LogP contribution in [0.3, 0.4) is 0 Å². The summed E-state index contributed by atoms with van der Waals surface area (Å²) in [5, 5.41) is 3.31. The van der Waals surface area contributed by atoms with Crippen molar-refractivity contribution in [1.29, 1.82) is 0 Å². The van der Waals surface area contributed by atoms with Crippen molar-refractivity contribution in [2.24, 2.45) is 0 Å². The second kappa shape index (κ2) is 5.40. The predicted molar refractivity (Wildman–Crippen MR) is 76.7 cm³/mol. The van der Waals surface area contributed by atoms with E-state index in [1.165, 1.54) is 0 Å². The summed E-state index contributed by atoms with van der Waals surface area (Å²) in [6.45, 7) is 6.14. The van der Waals surface area contributed by atoms with Gasteiger partial charge in [0.25, 0.3) is 0 Å². The first-order valence-corrected chi connectivity index (χ1v) is 6.72. The van der Waals surface area contributed by atoms with Crippen LogP contribution in [0.2, 0.25) is 0 Å². The number of nitrogens with one attached hydrogen (secondary N) is 1. The van der Waals surface area contributed by atoms with Gasteiger partial charge < -0.3 is 15.0 Å². The molecule has 1 aromatic carbocycles. The zero-order valence-corrected chi connectivity index (χ0v) is 11.1. The molecule has 3 rings (SSSR count). The summed E-state index contributed by atoms with van der Waals surface area (Å²) in [5.74, 6) is 1.80. The summed E-state index contributed by atoms with van der Waals surface area (Å²) >= 11 is 0. The molecule has 0 amide bonds. The largest absolute Gasteiger partial charge is 0.378 e. The molecule has 0 unspecified atom stereocenters. The first kappa shape index (κ1) is 12.2. The summed E-state index contributed by atoms with van der Waals surface area (Å²) in [7, 11) is 0. The van der Waals surface area contributed by atoms with Crippen LogP contribution in [0.1, 0.15) is 6.92 Å². The fourth-order valence-electron chi connectivity index (χ4n) is 2.27. The van der Waals surface area contributed by atoms with Gasteiger partial charge in [-0.05, 0) is 19.1 Å². The highest BCUT2D eigenvalue weighted by atomic mass is 16.5. The van der Waals surface area contributed by atoms with Gasteiger partial charge in [-0.15, -0.1) is 0 Å². The summed E-state index contributed by atoms with van der Waals surface area (Å²) < 4.78 is 5.40. The van der Waals surface area contributed by atoms with E-state index in [2.05, 4.69) is 22.1 Å². The number of benzene rings is 1. The van der Waals surface area contributed by atoms with Crippen LogP contribution in [0, 0.1) is 0 Å². The van der Waals surface area contributed by atoms with Gasteiger partial charge in [0.15, 0.2) is 11.6 Å². The fraction of sp³-hybridized carbons (Fsp3) is 0.429. The van der Waals surface area contributed by atoms with Crippen LogP contribution >= 0.6 is 0 Å². The minimum atomic E-state index is 0.750. The third-order valence-electron chi connectivity index (χ3n) is 3.21. The van der Waals surface area contributed by atoms with Crippen LogP contribution < -0.4 is 10.2 Å². The maximum Gasteiger partial charge on any atom is 0.172 e. The first-order chi connectivity index (χ1) is 9.38. The fourth-order valence-corrected chi connectivity index (χ4v) is 2.27. The van der Waals surface area contributed by atoms with Crippen LogP contribution in [0.25, 0.3) is 11.0 Å². The number of fused-ring (bicyclic) bond motifs is 1. The standard InChI is InChI=1S/C14H18N4O/c1-2-15-13-14(18-7-9-19-10-8-18)17-12-6-4-3-5-11(12)16-13/h3-6H,2,7-10H2,1H3,(H,15,16). The lowest BCUT2D eigenvalue weighted by Crippen LogP contribution is -2.37. The Morgan fingerprint density at radius 1 is 1.16 bits per heavy atom. The summed E-state index contributed by atoms with van der Waals surface area (Å²) in [6, 6.07) is 7.97. The normalized spacial score (nSPS) is 15.7. The maximum atomic E-state index is 5.40. The Morgan fingerprint density at radius 3 is 2.53 bits per heavy atom. The molecule has 100 valence electrons. The lowest BCUT2D eigenvalue weighted by atomic mass is 10.3. The molecule has 1 aromatic heterocycles. The zero-order chi connectivity index (χ0) is 13.1. The van der Waals surface area contributed by atoms with Gasteiger partial charge in [0, 0.05) is 19.6 Å². The molecule has 0 radical (unpaired) electrons. The summed E-state index contributed by atoms with van der Waals surface area (Å²) in [6.07, 6.45) is 0. The Hall–Kier alpha value is -1.88. The van der Waals surface area contributed by atoms with Crippen molar-refractivity contribution < 1.29 is 4.74 Å². The number of anilines is 2. The average Bonchev–Trinajstić information content (AvgIpc) is 2.48. The monoisotopic (exact) mass is 258 g/mol. The van der Waals surface area contributed by atoms with E-state index in [-0.39, 0.29) is 0 Å². The van der Waals surface area contributed by atoms with E-state index in [1.807, 2.05) is 24.3 Å². The SMILES string of the molecule is CCNc1nc2ccccc2nc1N1CCOCC1. The van der Waals surface area contributed by atoms with Gasteiger partial charge in [0.2, 0.25) is 0 Å². The Bertz CT molecular complexity index is 566. The maximum absolute atomic E-state index is 5.40. The van der Waals surface area contributed by atoms with Gasteiger partial charge in [-0.1, -0.05) is 12.1 Å². The highest BCUT2D eigenvalue weighted by Gasteiger charge is 2.18. The van der Waals surface area contributed by atoms with Crippen LogP contribution in [-0.2, 0) is 4.74 Å². The Balaban J connectivity index is 2.05. The molecule has 0 aliphatic carbocycles. The molecule has 1 aliphatic heterocycles. The number of morpholine rings is 1. The van der Waals surface area contributed by atoms with Gasteiger partial charge in [0.05, 0.1) is 24.2 Å². The van der Waals surface area contributed by atoms with Gasteiger partial charge in [-0.25, -0.2) is 9.97 Å². The number of para-hydroxylation sites is 2. The summed E-state index contributed by atoms with van der Waals surface area (Å²) in [5.41, 5.74) is 1.86. The van der Waals surface area contributed by atoms with Crippen LogP contribution in [0.5, 0.6) is 0 Å². The van der Waals surface area contributed by atoms with Crippen LogP contribution in [-0.4, -0.2) is 42.8 Å². The molecule has 1 aliphatic rings. The third kappa shape index (κ3) is 2.46. The van der Waals surface area contributed by atoms with Gasteiger partial charge >= 0.3 is 0 Å². The van der Waals surface area contributed by atoms with Gasteiger partial charge in [-0.2, -0.15) is 0 Å². The van der Waals surface area contributed by atoms with E-state index >= 15 is 0 Å². The topological polar surface area (TPSA) is 50.3 Å². The van der Waals surface area contributed by atoms with Crippen molar-refractivity contribution in [3.8, 4) is 0 Å². The predicted octanol–water partition coefficient (Wildman–Crippen LogP) is 1.90.